The summed E-state index contributed by atoms with van der Waals surface area (Å²) in [6.45, 7) is 10.3. The van der Waals surface area contributed by atoms with E-state index in [1.807, 2.05) is 62.0 Å². The molecular formula is C19H23BrN3O2+. The van der Waals surface area contributed by atoms with Crippen LogP contribution in [0.1, 0.15) is 40.3 Å². The molecule has 0 radical (unpaired) electrons. The molecule has 6 heteroatoms. The number of amides is 1. The van der Waals surface area contributed by atoms with Crippen molar-refractivity contribution in [2.24, 2.45) is 0 Å². The summed E-state index contributed by atoms with van der Waals surface area (Å²) in [6.07, 6.45) is 3.56. The third-order valence-electron chi connectivity index (χ3n) is 4.00. The summed E-state index contributed by atoms with van der Waals surface area (Å²) < 4.78 is 8.35. The fourth-order valence-electron chi connectivity index (χ4n) is 2.93. The molecule has 2 aromatic rings. The predicted octanol–water partition coefficient (Wildman–Crippen LogP) is 4.15. The molecule has 0 unspecified atom stereocenters. The lowest BCUT2D eigenvalue weighted by Crippen LogP contribution is -2.38. The van der Waals surface area contributed by atoms with Crippen molar-refractivity contribution in [3.05, 3.63) is 46.8 Å². The van der Waals surface area contributed by atoms with E-state index in [1.54, 1.807) is 4.90 Å². The molecule has 1 aliphatic heterocycles. The van der Waals surface area contributed by atoms with Crippen LogP contribution >= 0.6 is 15.9 Å². The predicted molar refractivity (Wildman–Crippen MR) is 100 cm³/mol. The third-order valence-corrected chi connectivity index (χ3v) is 4.58. The van der Waals surface area contributed by atoms with Crippen molar-refractivity contribution in [2.45, 2.75) is 45.6 Å². The van der Waals surface area contributed by atoms with E-state index in [2.05, 4.69) is 29.8 Å². The van der Waals surface area contributed by atoms with E-state index in [-0.39, 0.29) is 11.5 Å². The number of nitrogens with zero attached hydrogens (tertiary/aromatic N) is 3. The Labute approximate surface area is 156 Å². The summed E-state index contributed by atoms with van der Waals surface area (Å²) in [5, 5.41) is 0. The number of halogens is 1. The second-order valence-corrected chi connectivity index (χ2v) is 8.75. The van der Waals surface area contributed by atoms with Crippen molar-refractivity contribution in [1.29, 1.82) is 0 Å². The summed E-state index contributed by atoms with van der Waals surface area (Å²) in [4.78, 5) is 19.2. The van der Waals surface area contributed by atoms with Crippen molar-refractivity contribution in [2.75, 3.05) is 11.4 Å². The molecule has 0 fully saturated rings. The van der Waals surface area contributed by atoms with Gasteiger partial charge in [0.1, 0.15) is 10.1 Å². The highest BCUT2D eigenvalue weighted by atomic mass is 79.9. The minimum absolute atomic E-state index is 0.253. The fraction of sp³-hybridized carbons (Fsp3) is 0.421. The number of carbonyl (C=O) groups is 1. The summed E-state index contributed by atoms with van der Waals surface area (Å²) in [5.41, 5.74) is 0.908. The van der Waals surface area contributed by atoms with Gasteiger partial charge in [-0.25, -0.2) is 9.36 Å². The molecule has 2 aromatic heterocycles. The van der Waals surface area contributed by atoms with E-state index in [4.69, 9.17) is 9.72 Å². The van der Waals surface area contributed by atoms with Gasteiger partial charge in [0.05, 0.1) is 23.5 Å². The third kappa shape index (κ3) is 3.54. The van der Waals surface area contributed by atoms with Crippen LogP contribution in [0.25, 0.3) is 5.82 Å². The number of anilines is 1. The van der Waals surface area contributed by atoms with E-state index in [0.29, 0.717) is 6.54 Å². The molecule has 0 N–H and O–H groups in total. The minimum Gasteiger partial charge on any atom is -0.443 e. The molecule has 0 aromatic carbocycles. The average molecular weight is 405 g/mol. The van der Waals surface area contributed by atoms with Crippen molar-refractivity contribution in [1.82, 2.24) is 4.98 Å². The molecule has 0 bridgehead atoms. The maximum Gasteiger partial charge on any atom is 0.414 e. The van der Waals surface area contributed by atoms with Crippen LogP contribution in [0.4, 0.5) is 10.5 Å². The summed E-state index contributed by atoms with van der Waals surface area (Å²) in [5.74, 6) is 0.804. The molecule has 1 aliphatic rings. The Kier molecular flexibility index (Phi) is 4.35. The summed E-state index contributed by atoms with van der Waals surface area (Å²) in [6, 6.07) is 7.83. The molecule has 3 rings (SSSR count). The fourth-order valence-corrected chi connectivity index (χ4v) is 3.44. The van der Waals surface area contributed by atoms with E-state index in [9.17, 15) is 4.79 Å². The van der Waals surface area contributed by atoms with Crippen LogP contribution in [-0.4, -0.2) is 23.2 Å². The Morgan fingerprint density at radius 3 is 2.52 bits per heavy atom. The van der Waals surface area contributed by atoms with Crippen LogP contribution in [0.3, 0.4) is 0 Å². The Morgan fingerprint density at radius 1 is 1.28 bits per heavy atom. The number of hydrogen-bond acceptors (Lipinski definition) is 3. The van der Waals surface area contributed by atoms with Gasteiger partial charge in [-0.1, -0.05) is 19.9 Å². The van der Waals surface area contributed by atoms with E-state index >= 15 is 0 Å². The first kappa shape index (κ1) is 17.9. The maximum atomic E-state index is 12.6. The second kappa shape index (κ2) is 6.09. The monoisotopic (exact) mass is 404 g/mol. The molecular weight excluding hydrogens is 382 g/mol. The Balaban J connectivity index is 2.06. The van der Waals surface area contributed by atoms with Crippen LogP contribution in [-0.2, 0) is 10.2 Å². The van der Waals surface area contributed by atoms with Crippen LogP contribution in [0.2, 0.25) is 0 Å². The lowest BCUT2D eigenvalue weighted by Gasteiger charge is -2.25. The quantitative estimate of drug-likeness (QED) is 0.670. The van der Waals surface area contributed by atoms with Gasteiger partial charge >= 0.3 is 11.9 Å². The number of fused-ring (bicyclic) bond motifs is 1. The van der Waals surface area contributed by atoms with E-state index < -0.39 is 5.60 Å². The molecule has 0 aliphatic carbocycles. The molecule has 0 saturated heterocycles. The van der Waals surface area contributed by atoms with Gasteiger partial charge in [0, 0.05) is 6.54 Å². The maximum absolute atomic E-state index is 12.6. The van der Waals surface area contributed by atoms with Gasteiger partial charge in [0.2, 0.25) is 0 Å². The Bertz CT molecular complexity index is 813. The zero-order valence-electron chi connectivity index (χ0n) is 15.2. The molecule has 132 valence electrons. The van der Waals surface area contributed by atoms with Crippen molar-refractivity contribution in [3.8, 4) is 5.82 Å². The van der Waals surface area contributed by atoms with Crippen molar-refractivity contribution < 1.29 is 14.1 Å². The smallest absolute Gasteiger partial charge is 0.414 e. The molecule has 1 amide bonds. The number of pyridine rings is 2. The molecule has 5 nitrogen and oxygen atoms in total. The molecule has 3 heterocycles. The minimum atomic E-state index is -0.533. The zero-order chi connectivity index (χ0) is 18.4. The molecule has 25 heavy (non-hydrogen) atoms. The first-order valence-electron chi connectivity index (χ1n) is 8.27. The Morgan fingerprint density at radius 2 is 1.92 bits per heavy atom. The van der Waals surface area contributed by atoms with Gasteiger partial charge in [-0.05, 0) is 59.9 Å². The standard InChI is InChI=1S/C19H23BrN3O2/c1-18(2,3)25-17(24)23-12-19(4,5)15-14(23)11-13(20)16(21-15)22-9-7-6-8-10-22/h6-11H,12H2,1-5H3/q+1. The highest BCUT2D eigenvalue weighted by Crippen LogP contribution is 2.41. The lowest BCUT2D eigenvalue weighted by molar-refractivity contribution is -0.600. The average Bonchev–Trinajstić information content (AvgIpc) is 2.77. The summed E-state index contributed by atoms with van der Waals surface area (Å²) in [7, 11) is 0. The molecule has 0 spiro atoms. The topological polar surface area (TPSA) is 46.3 Å². The van der Waals surface area contributed by atoms with E-state index in [0.717, 1.165) is 21.7 Å². The number of carbonyl (C=O) groups excluding carboxylic acids is 1. The van der Waals surface area contributed by atoms with Gasteiger partial charge in [0.15, 0.2) is 5.69 Å². The first-order chi connectivity index (χ1) is 11.6. The number of hydrogen-bond donors (Lipinski definition) is 0. The van der Waals surface area contributed by atoms with Gasteiger partial charge in [-0.3, -0.25) is 4.90 Å². The normalized spacial score (nSPS) is 15.8. The van der Waals surface area contributed by atoms with E-state index in [1.165, 1.54) is 0 Å². The van der Waals surface area contributed by atoms with Crippen LogP contribution < -0.4 is 9.47 Å². The van der Waals surface area contributed by atoms with Gasteiger partial charge in [-0.2, -0.15) is 0 Å². The number of rotatable bonds is 1. The van der Waals surface area contributed by atoms with Crippen LogP contribution in [0.15, 0.2) is 41.1 Å². The Hall–Kier alpha value is -1.95. The number of aromatic nitrogens is 2. The highest BCUT2D eigenvalue weighted by Gasteiger charge is 2.45. The van der Waals surface area contributed by atoms with Gasteiger partial charge < -0.3 is 4.74 Å². The lowest BCUT2D eigenvalue weighted by atomic mass is 9.91. The second-order valence-electron chi connectivity index (χ2n) is 7.89. The van der Waals surface area contributed by atoms with Crippen LogP contribution in [0.5, 0.6) is 0 Å². The SMILES string of the molecule is CC(C)(C)OC(=O)N1CC(C)(C)c2nc(-[n+]3ccccc3)c(Br)cc21. The van der Waals surface area contributed by atoms with Crippen molar-refractivity contribution >= 4 is 27.7 Å². The van der Waals surface area contributed by atoms with Crippen molar-refractivity contribution in [3.63, 3.8) is 0 Å². The number of ether oxygens (including phenoxy) is 1. The first-order valence-corrected chi connectivity index (χ1v) is 9.06. The largest absolute Gasteiger partial charge is 0.443 e. The molecule has 0 atom stereocenters. The summed E-state index contributed by atoms with van der Waals surface area (Å²) >= 11 is 3.60. The zero-order valence-corrected chi connectivity index (χ0v) is 16.8. The highest BCUT2D eigenvalue weighted by molar-refractivity contribution is 9.10. The van der Waals surface area contributed by atoms with Crippen LogP contribution in [0, 0.1) is 0 Å². The van der Waals surface area contributed by atoms with Gasteiger partial charge in [0.25, 0.3) is 0 Å². The van der Waals surface area contributed by atoms with Gasteiger partial charge in [-0.15, -0.1) is 0 Å². The molecule has 0 saturated carbocycles.